The molecule has 0 bridgehead atoms. The minimum Gasteiger partial charge on any atom is -0.507 e. The van der Waals surface area contributed by atoms with Crippen LogP contribution in [0, 0.1) is 0 Å². The first-order valence-electron chi connectivity index (χ1n) is 15.5. The first kappa shape index (κ1) is 29.5. The fourth-order valence-electron chi connectivity index (χ4n) is 6.25. The van der Waals surface area contributed by atoms with Crippen LogP contribution >= 0.6 is 0 Å². The zero-order valence-electron chi connectivity index (χ0n) is 25.1. The number of hydrogen-bond acceptors (Lipinski definition) is 6. The summed E-state index contributed by atoms with van der Waals surface area (Å²) in [5, 5.41) is 10.4. The average Bonchev–Trinajstić information content (AvgIpc) is 3.40. The maximum Gasteiger partial charge on any atom is 0.258 e. The lowest BCUT2D eigenvalue weighted by atomic mass is 10.00. The van der Waals surface area contributed by atoms with Crippen molar-refractivity contribution in [3.8, 4) is 5.75 Å². The van der Waals surface area contributed by atoms with Gasteiger partial charge in [-0.1, -0.05) is 45.0 Å². The topological polar surface area (TPSA) is 70.6 Å². The Hall–Kier alpha value is -2.94. The number of carbonyl (C=O) groups excluding carboxylic acids is 2. The fraction of sp³-hybridized carbons (Fsp3) is 0.576. The molecule has 5 rings (SSSR count). The number of amides is 2. The third-order valence-corrected chi connectivity index (χ3v) is 8.99. The number of rotatable bonds is 9. The smallest absolute Gasteiger partial charge is 0.258 e. The Morgan fingerprint density at radius 3 is 2.07 bits per heavy atom. The van der Waals surface area contributed by atoms with E-state index in [-0.39, 0.29) is 11.7 Å². The summed E-state index contributed by atoms with van der Waals surface area (Å²) in [5.41, 5.74) is 5.16. The van der Waals surface area contributed by atoms with Gasteiger partial charge in [-0.2, -0.15) is 0 Å². The van der Waals surface area contributed by atoms with E-state index in [4.69, 9.17) is 0 Å². The van der Waals surface area contributed by atoms with Gasteiger partial charge in [0.05, 0.1) is 5.56 Å². The van der Waals surface area contributed by atoms with Crippen LogP contribution in [-0.2, 0) is 24.4 Å². The van der Waals surface area contributed by atoms with Crippen molar-refractivity contribution in [2.45, 2.75) is 59.2 Å². The van der Waals surface area contributed by atoms with E-state index in [1.165, 1.54) is 16.7 Å². The molecule has 0 unspecified atom stereocenters. The molecule has 2 saturated heterocycles. The number of piperazine rings is 2. The monoisotopic (exact) mass is 561 g/mol. The highest BCUT2D eigenvalue weighted by atomic mass is 16.3. The summed E-state index contributed by atoms with van der Waals surface area (Å²) in [6.45, 7) is 18.5. The molecule has 3 aliphatic heterocycles. The molecule has 0 aromatic heterocycles. The van der Waals surface area contributed by atoms with E-state index in [9.17, 15) is 14.7 Å². The minimum atomic E-state index is -0.106. The van der Waals surface area contributed by atoms with Crippen molar-refractivity contribution in [2.75, 3.05) is 65.4 Å². The van der Waals surface area contributed by atoms with Crippen LogP contribution in [0.4, 0.5) is 0 Å². The Bertz CT molecular complexity index is 1220. The van der Waals surface area contributed by atoms with Gasteiger partial charge in [0.15, 0.2) is 0 Å². The first-order chi connectivity index (χ1) is 19.8. The highest BCUT2D eigenvalue weighted by Crippen LogP contribution is 2.30. The number of fused-ring (bicyclic) bond motifs is 1. The van der Waals surface area contributed by atoms with Crippen molar-refractivity contribution in [1.82, 2.24) is 24.5 Å². The van der Waals surface area contributed by atoms with Crippen molar-refractivity contribution in [2.24, 2.45) is 0 Å². The van der Waals surface area contributed by atoms with Gasteiger partial charge in [0.2, 0.25) is 5.91 Å². The van der Waals surface area contributed by atoms with E-state index in [0.29, 0.717) is 36.9 Å². The summed E-state index contributed by atoms with van der Waals surface area (Å²) < 4.78 is 0. The molecule has 2 fully saturated rings. The zero-order chi connectivity index (χ0) is 28.9. The number of phenols is 1. The molecule has 0 spiro atoms. The van der Waals surface area contributed by atoms with Crippen molar-refractivity contribution in [3.05, 3.63) is 64.2 Å². The lowest BCUT2D eigenvalue weighted by Gasteiger charge is -2.38. The molecule has 0 atom stereocenters. The molecule has 1 N–H and O–H groups in total. The molecule has 0 aliphatic carbocycles. The number of carbonyl (C=O) groups is 2. The molecule has 222 valence electrons. The number of phenolic OH excluding ortho intramolecular Hbond substituents is 1. The van der Waals surface area contributed by atoms with E-state index in [2.05, 4.69) is 53.7 Å². The van der Waals surface area contributed by atoms with Crippen molar-refractivity contribution in [1.29, 1.82) is 0 Å². The van der Waals surface area contributed by atoms with Gasteiger partial charge in [-0.05, 0) is 46.7 Å². The zero-order valence-corrected chi connectivity index (χ0v) is 25.1. The summed E-state index contributed by atoms with van der Waals surface area (Å²) in [5.74, 6) is 0.555. The third-order valence-electron chi connectivity index (χ3n) is 8.99. The van der Waals surface area contributed by atoms with Gasteiger partial charge in [0, 0.05) is 91.5 Å². The summed E-state index contributed by atoms with van der Waals surface area (Å²) in [4.78, 5) is 36.9. The lowest BCUT2D eigenvalue weighted by Crippen LogP contribution is -2.52. The molecule has 2 amide bonds. The van der Waals surface area contributed by atoms with Crippen LogP contribution < -0.4 is 0 Å². The van der Waals surface area contributed by atoms with E-state index >= 15 is 0 Å². The van der Waals surface area contributed by atoms with Crippen LogP contribution in [0.2, 0.25) is 0 Å². The maximum absolute atomic E-state index is 13.3. The lowest BCUT2D eigenvalue weighted by molar-refractivity contribution is -0.133. The normalized spacial score (nSPS) is 18.7. The van der Waals surface area contributed by atoms with Crippen LogP contribution in [0.25, 0.3) is 0 Å². The van der Waals surface area contributed by atoms with Crippen LogP contribution in [0.15, 0.2) is 36.4 Å². The maximum atomic E-state index is 13.3. The molecule has 3 heterocycles. The molecule has 2 aromatic carbocycles. The van der Waals surface area contributed by atoms with E-state index in [0.717, 1.165) is 84.0 Å². The first-order valence-corrected chi connectivity index (χ1v) is 15.5. The highest BCUT2D eigenvalue weighted by Gasteiger charge is 2.27. The predicted octanol–water partition coefficient (Wildman–Crippen LogP) is 3.73. The van der Waals surface area contributed by atoms with Gasteiger partial charge in [-0.25, -0.2) is 0 Å². The molecular weight excluding hydrogens is 514 g/mol. The Kier molecular flexibility index (Phi) is 9.63. The van der Waals surface area contributed by atoms with Crippen molar-refractivity contribution >= 4 is 11.8 Å². The predicted molar refractivity (Wildman–Crippen MR) is 162 cm³/mol. The number of hydrogen-bond donors (Lipinski definition) is 1. The van der Waals surface area contributed by atoms with Crippen LogP contribution in [0.5, 0.6) is 5.75 Å². The molecule has 8 heteroatoms. The molecule has 2 aromatic rings. The fourth-order valence-corrected chi connectivity index (χ4v) is 6.25. The summed E-state index contributed by atoms with van der Waals surface area (Å²) in [7, 11) is 0. The van der Waals surface area contributed by atoms with Gasteiger partial charge in [-0.15, -0.1) is 0 Å². The van der Waals surface area contributed by atoms with Gasteiger partial charge in [0.1, 0.15) is 5.75 Å². The number of benzene rings is 2. The molecule has 41 heavy (non-hydrogen) atoms. The number of nitrogens with zero attached hydrogens (tertiary/aromatic N) is 5. The second kappa shape index (κ2) is 13.4. The molecule has 0 radical (unpaired) electrons. The van der Waals surface area contributed by atoms with Gasteiger partial charge < -0.3 is 14.9 Å². The minimum absolute atomic E-state index is 0.0525. The van der Waals surface area contributed by atoms with E-state index in [1.54, 1.807) is 6.07 Å². The van der Waals surface area contributed by atoms with Crippen LogP contribution in [0.3, 0.4) is 0 Å². The van der Waals surface area contributed by atoms with Gasteiger partial charge in [-0.3, -0.25) is 24.3 Å². The van der Waals surface area contributed by atoms with E-state index < -0.39 is 0 Å². The second-order valence-corrected chi connectivity index (χ2v) is 12.3. The Balaban J connectivity index is 1.06. The molecular formula is C33H47N5O3. The van der Waals surface area contributed by atoms with E-state index in [1.807, 2.05) is 21.9 Å². The summed E-state index contributed by atoms with van der Waals surface area (Å²) in [6.07, 6.45) is 1.60. The second-order valence-electron chi connectivity index (χ2n) is 12.3. The Labute approximate surface area is 245 Å². The molecule has 3 aliphatic rings. The van der Waals surface area contributed by atoms with Gasteiger partial charge >= 0.3 is 0 Å². The van der Waals surface area contributed by atoms with Gasteiger partial charge in [0.25, 0.3) is 5.91 Å². The van der Waals surface area contributed by atoms with Crippen molar-refractivity contribution in [3.63, 3.8) is 0 Å². The quantitative estimate of drug-likeness (QED) is 0.503. The largest absolute Gasteiger partial charge is 0.507 e. The molecule has 0 saturated carbocycles. The average molecular weight is 562 g/mol. The van der Waals surface area contributed by atoms with Crippen LogP contribution in [0.1, 0.15) is 72.1 Å². The summed E-state index contributed by atoms with van der Waals surface area (Å²) >= 11 is 0. The highest BCUT2D eigenvalue weighted by molar-refractivity contribution is 5.97. The van der Waals surface area contributed by atoms with Crippen molar-refractivity contribution < 1.29 is 14.7 Å². The standard InChI is InChI=1S/C33H47N5O3/c1-4-5-32(40)37-18-16-35(17-19-37)11-10-34-12-14-36(15-13-34)22-26-6-7-28-23-38(24-29(28)20-26)33(41)30-21-27(25(2)3)8-9-31(30)39/h6-9,20-21,25,39H,4-5,10-19,22-24H2,1-3H3. The Morgan fingerprint density at radius 2 is 1.41 bits per heavy atom. The Morgan fingerprint density at radius 1 is 0.780 bits per heavy atom. The summed E-state index contributed by atoms with van der Waals surface area (Å²) in [6, 6.07) is 12.0. The number of aromatic hydroxyl groups is 1. The molecule has 8 nitrogen and oxygen atoms in total. The van der Waals surface area contributed by atoms with Crippen LogP contribution in [-0.4, -0.2) is 107 Å². The SMILES string of the molecule is CCCC(=O)N1CCN(CCN2CCN(Cc3ccc4c(c3)CN(C(=O)c3cc(C(C)C)ccc3O)C4)CC2)CC1. The third kappa shape index (κ3) is 7.29.